The van der Waals surface area contributed by atoms with Gasteiger partial charge in [0.1, 0.15) is 11.5 Å². The highest BCUT2D eigenvalue weighted by Gasteiger charge is 2.37. The molecule has 6 nitrogen and oxygen atoms in total. The summed E-state index contributed by atoms with van der Waals surface area (Å²) in [5.41, 5.74) is 0.925. The molecule has 28 heavy (non-hydrogen) atoms. The van der Waals surface area contributed by atoms with Crippen LogP contribution in [0.5, 0.6) is 11.5 Å². The van der Waals surface area contributed by atoms with Gasteiger partial charge in [-0.15, -0.1) is 0 Å². The van der Waals surface area contributed by atoms with Crippen molar-refractivity contribution in [2.45, 2.75) is 45.4 Å². The van der Waals surface area contributed by atoms with Crippen LogP contribution in [0, 0.1) is 11.3 Å². The zero-order valence-electron chi connectivity index (χ0n) is 17.3. The van der Waals surface area contributed by atoms with Crippen molar-refractivity contribution in [2.24, 2.45) is 11.3 Å². The molecule has 0 spiro atoms. The average Bonchev–Trinajstić information content (AvgIpc) is 3.47. The number of likely N-dealkylation sites (tertiary alicyclic amines) is 1. The van der Waals surface area contributed by atoms with Crippen molar-refractivity contribution in [3.8, 4) is 11.5 Å². The van der Waals surface area contributed by atoms with Gasteiger partial charge in [-0.1, -0.05) is 6.92 Å². The number of ether oxygens (including phenoxy) is 2. The molecule has 1 N–H and O–H groups in total. The van der Waals surface area contributed by atoms with Crippen molar-refractivity contribution in [1.82, 2.24) is 10.2 Å². The van der Waals surface area contributed by atoms with E-state index in [-0.39, 0.29) is 11.8 Å². The van der Waals surface area contributed by atoms with Crippen molar-refractivity contribution in [3.05, 3.63) is 23.8 Å². The Kier molecular flexibility index (Phi) is 6.47. The van der Waals surface area contributed by atoms with E-state index >= 15 is 0 Å². The van der Waals surface area contributed by atoms with Gasteiger partial charge in [0, 0.05) is 37.7 Å². The van der Waals surface area contributed by atoms with Crippen LogP contribution in [0.2, 0.25) is 0 Å². The molecule has 0 aromatic heterocycles. The van der Waals surface area contributed by atoms with Crippen molar-refractivity contribution >= 4 is 11.8 Å². The minimum Gasteiger partial charge on any atom is -0.497 e. The third kappa shape index (κ3) is 5.40. The highest BCUT2D eigenvalue weighted by atomic mass is 16.5. The van der Waals surface area contributed by atoms with Gasteiger partial charge in [0.25, 0.3) is 5.91 Å². The van der Waals surface area contributed by atoms with Gasteiger partial charge in [-0.2, -0.15) is 0 Å². The van der Waals surface area contributed by atoms with E-state index in [1.807, 2.05) is 4.90 Å². The number of nitrogens with one attached hydrogen (secondary N) is 1. The standard InChI is InChI=1S/C22H32N2O4/c1-22(8-9-22)7-6-20(25)24-10-4-5-16(15-24)14-23-21(26)17-11-18(27-2)13-19(12-17)28-3/h11-13,16H,4-10,14-15H2,1-3H3,(H,23,26)/t16-/m1/s1. The normalized spacial score (nSPS) is 20.4. The smallest absolute Gasteiger partial charge is 0.251 e. The number of nitrogens with zero attached hydrogens (tertiary/aromatic N) is 1. The first-order chi connectivity index (χ1) is 13.4. The summed E-state index contributed by atoms with van der Waals surface area (Å²) in [5, 5.41) is 3.01. The zero-order valence-corrected chi connectivity index (χ0v) is 17.3. The van der Waals surface area contributed by atoms with E-state index in [1.165, 1.54) is 12.8 Å². The monoisotopic (exact) mass is 388 g/mol. The van der Waals surface area contributed by atoms with E-state index in [4.69, 9.17) is 9.47 Å². The fourth-order valence-electron chi connectivity index (χ4n) is 3.77. The van der Waals surface area contributed by atoms with Crippen LogP contribution in [-0.2, 0) is 4.79 Å². The molecule has 1 aromatic rings. The fraction of sp³-hybridized carbons (Fsp3) is 0.636. The maximum atomic E-state index is 12.6. The number of methoxy groups -OCH3 is 2. The first-order valence-corrected chi connectivity index (χ1v) is 10.2. The Labute approximate surface area is 167 Å². The fourth-order valence-corrected chi connectivity index (χ4v) is 3.77. The quantitative estimate of drug-likeness (QED) is 0.742. The van der Waals surface area contributed by atoms with Gasteiger partial charge in [0.15, 0.2) is 0 Å². The van der Waals surface area contributed by atoms with Crippen LogP contribution in [0.1, 0.15) is 55.8 Å². The van der Waals surface area contributed by atoms with Crippen molar-refractivity contribution in [3.63, 3.8) is 0 Å². The van der Waals surface area contributed by atoms with Crippen molar-refractivity contribution in [1.29, 1.82) is 0 Å². The Morgan fingerprint density at radius 2 is 1.86 bits per heavy atom. The second-order valence-electron chi connectivity index (χ2n) is 8.47. The summed E-state index contributed by atoms with van der Waals surface area (Å²) in [6.07, 6.45) is 6.19. The molecule has 1 aliphatic carbocycles. The first kappa shape index (κ1) is 20.5. The maximum absolute atomic E-state index is 12.6. The number of benzene rings is 1. The van der Waals surface area contributed by atoms with E-state index in [0.29, 0.717) is 41.4 Å². The molecule has 0 bridgehead atoms. The molecule has 1 aliphatic heterocycles. The lowest BCUT2D eigenvalue weighted by molar-refractivity contribution is -0.133. The van der Waals surface area contributed by atoms with Gasteiger partial charge in [0.05, 0.1) is 14.2 Å². The molecule has 1 aromatic carbocycles. The summed E-state index contributed by atoms with van der Waals surface area (Å²) in [7, 11) is 3.13. The van der Waals surface area contributed by atoms with Gasteiger partial charge >= 0.3 is 0 Å². The summed E-state index contributed by atoms with van der Waals surface area (Å²) in [4.78, 5) is 27.1. The van der Waals surface area contributed by atoms with Crippen molar-refractivity contribution in [2.75, 3.05) is 33.9 Å². The van der Waals surface area contributed by atoms with Gasteiger partial charge in [0.2, 0.25) is 5.91 Å². The molecule has 0 unspecified atom stereocenters. The molecular formula is C22H32N2O4. The predicted octanol–water partition coefficient (Wildman–Crippen LogP) is 3.25. The Balaban J connectivity index is 1.49. The molecule has 1 heterocycles. The van der Waals surface area contributed by atoms with Gasteiger partial charge < -0.3 is 19.7 Å². The second-order valence-corrected chi connectivity index (χ2v) is 8.47. The number of hydrogen-bond donors (Lipinski definition) is 1. The molecule has 1 saturated heterocycles. The van der Waals surface area contributed by atoms with Crippen LogP contribution in [0.4, 0.5) is 0 Å². The number of carbonyl (C=O) groups excluding carboxylic acids is 2. The highest BCUT2D eigenvalue weighted by Crippen LogP contribution is 2.48. The molecule has 2 fully saturated rings. The highest BCUT2D eigenvalue weighted by molar-refractivity contribution is 5.95. The molecule has 1 saturated carbocycles. The zero-order chi connectivity index (χ0) is 20.1. The van der Waals surface area contributed by atoms with E-state index in [2.05, 4.69) is 12.2 Å². The van der Waals surface area contributed by atoms with E-state index < -0.39 is 0 Å². The van der Waals surface area contributed by atoms with E-state index in [9.17, 15) is 9.59 Å². The third-order valence-corrected chi connectivity index (χ3v) is 6.08. The van der Waals surface area contributed by atoms with E-state index in [1.54, 1.807) is 32.4 Å². The maximum Gasteiger partial charge on any atom is 0.251 e. The van der Waals surface area contributed by atoms with Crippen LogP contribution < -0.4 is 14.8 Å². The Morgan fingerprint density at radius 1 is 1.18 bits per heavy atom. The van der Waals surface area contributed by atoms with Crippen LogP contribution in [0.3, 0.4) is 0 Å². The van der Waals surface area contributed by atoms with Crippen LogP contribution in [0.15, 0.2) is 18.2 Å². The molecule has 1 atom stereocenters. The number of amides is 2. The molecular weight excluding hydrogens is 356 g/mol. The van der Waals surface area contributed by atoms with Crippen LogP contribution in [0.25, 0.3) is 0 Å². The molecule has 154 valence electrons. The van der Waals surface area contributed by atoms with E-state index in [0.717, 1.165) is 32.4 Å². The number of hydrogen-bond acceptors (Lipinski definition) is 4. The largest absolute Gasteiger partial charge is 0.497 e. The molecule has 6 heteroatoms. The molecule has 3 rings (SSSR count). The third-order valence-electron chi connectivity index (χ3n) is 6.08. The Hall–Kier alpha value is -2.24. The SMILES string of the molecule is COc1cc(OC)cc(C(=O)NC[C@H]2CCCN(C(=O)CCC3(C)CC3)C2)c1. The molecule has 0 radical (unpaired) electrons. The van der Waals surface area contributed by atoms with Crippen molar-refractivity contribution < 1.29 is 19.1 Å². The predicted molar refractivity (Wildman–Crippen MR) is 108 cm³/mol. The summed E-state index contributed by atoms with van der Waals surface area (Å²) < 4.78 is 10.5. The average molecular weight is 389 g/mol. The number of rotatable bonds is 8. The molecule has 2 amide bonds. The number of piperidine rings is 1. The van der Waals surface area contributed by atoms with Gasteiger partial charge in [-0.25, -0.2) is 0 Å². The first-order valence-electron chi connectivity index (χ1n) is 10.2. The Bertz CT molecular complexity index is 692. The van der Waals surface area contributed by atoms with Crippen LogP contribution in [-0.4, -0.2) is 50.6 Å². The lowest BCUT2D eigenvalue weighted by atomic mass is 9.96. The number of carbonyl (C=O) groups is 2. The lowest BCUT2D eigenvalue weighted by Crippen LogP contribution is -2.43. The minimum absolute atomic E-state index is 0.151. The summed E-state index contributed by atoms with van der Waals surface area (Å²) in [5.74, 6) is 1.58. The summed E-state index contributed by atoms with van der Waals surface area (Å²) in [6.45, 7) is 4.41. The topological polar surface area (TPSA) is 67.9 Å². The van der Waals surface area contributed by atoms with Gasteiger partial charge in [-0.3, -0.25) is 9.59 Å². The van der Waals surface area contributed by atoms with Gasteiger partial charge in [-0.05, 0) is 55.6 Å². The summed E-state index contributed by atoms with van der Waals surface area (Å²) in [6, 6.07) is 5.14. The second kappa shape index (κ2) is 8.84. The Morgan fingerprint density at radius 3 is 2.46 bits per heavy atom. The molecule has 2 aliphatic rings. The van der Waals surface area contributed by atoms with Crippen LogP contribution >= 0.6 is 0 Å². The minimum atomic E-state index is -0.151. The summed E-state index contributed by atoms with van der Waals surface area (Å²) >= 11 is 0. The lowest BCUT2D eigenvalue weighted by Gasteiger charge is -2.33.